The number of aliphatic hydroxyl groups excluding tert-OH is 1. The Labute approximate surface area is 87.9 Å². The smallest absolute Gasteiger partial charge is 0.0568 e. The van der Waals surface area contributed by atoms with Crippen molar-refractivity contribution in [2.24, 2.45) is 11.8 Å². The van der Waals surface area contributed by atoms with Crippen molar-refractivity contribution in [2.75, 3.05) is 0 Å². The van der Waals surface area contributed by atoms with Crippen LogP contribution in [0.1, 0.15) is 51.9 Å². The monoisotopic (exact) mass is 194 g/mol. The lowest BCUT2D eigenvalue weighted by molar-refractivity contribution is 0.0978. The van der Waals surface area contributed by atoms with Gasteiger partial charge in [0.1, 0.15) is 0 Å². The van der Waals surface area contributed by atoms with Crippen LogP contribution in [0, 0.1) is 24.2 Å². The van der Waals surface area contributed by atoms with E-state index in [0.29, 0.717) is 5.92 Å². The number of unbranched alkanes of at least 4 members (excludes halogenated alkanes) is 1. The summed E-state index contributed by atoms with van der Waals surface area (Å²) in [4.78, 5) is 0. The molecule has 0 bridgehead atoms. The topological polar surface area (TPSA) is 20.2 Å². The molecule has 3 unspecified atom stereocenters. The van der Waals surface area contributed by atoms with Crippen molar-refractivity contribution in [3.63, 3.8) is 0 Å². The van der Waals surface area contributed by atoms with Crippen molar-refractivity contribution in [1.82, 2.24) is 0 Å². The Bertz CT molecular complexity index is 192. The van der Waals surface area contributed by atoms with Gasteiger partial charge in [-0.15, -0.1) is 12.3 Å². The molecule has 0 radical (unpaired) electrons. The molecule has 1 aliphatic rings. The van der Waals surface area contributed by atoms with Crippen LogP contribution >= 0.6 is 0 Å². The highest BCUT2D eigenvalue weighted by atomic mass is 16.3. The number of aliphatic hydroxyl groups is 1. The summed E-state index contributed by atoms with van der Waals surface area (Å²) >= 11 is 0. The maximum Gasteiger partial charge on any atom is 0.0568 e. The highest BCUT2D eigenvalue weighted by Crippen LogP contribution is 2.35. The molecule has 0 amide bonds. The second-order valence-electron chi connectivity index (χ2n) is 4.51. The van der Waals surface area contributed by atoms with Gasteiger partial charge in [0.15, 0.2) is 0 Å². The molecule has 1 rings (SSSR count). The highest BCUT2D eigenvalue weighted by Gasteiger charge is 2.28. The molecule has 0 aromatic heterocycles. The third-order valence-electron chi connectivity index (χ3n) is 3.52. The van der Waals surface area contributed by atoms with E-state index in [4.69, 9.17) is 6.42 Å². The van der Waals surface area contributed by atoms with Gasteiger partial charge >= 0.3 is 0 Å². The Hall–Kier alpha value is -0.480. The summed E-state index contributed by atoms with van der Waals surface area (Å²) in [5, 5.41) is 9.92. The van der Waals surface area contributed by atoms with Gasteiger partial charge in [0.2, 0.25) is 0 Å². The summed E-state index contributed by atoms with van der Waals surface area (Å²) in [6.07, 6.45) is 12.8. The molecular weight excluding hydrogens is 172 g/mol. The molecule has 1 heteroatoms. The van der Waals surface area contributed by atoms with Crippen molar-refractivity contribution in [1.29, 1.82) is 0 Å². The molecule has 0 spiro atoms. The summed E-state index contributed by atoms with van der Waals surface area (Å²) < 4.78 is 0. The van der Waals surface area contributed by atoms with Crippen LogP contribution in [0.25, 0.3) is 0 Å². The Morgan fingerprint density at radius 1 is 1.50 bits per heavy atom. The van der Waals surface area contributed by atoms with Crippen LogP contribution in [-0.2, 0) is 0 Å². The Morgan fingerprint density at radius 2 is 2.29 bits per heavy atom. The summed E-state index contributed by atoms with van der Waals surface area (Å²) in [6.45, 7) is 2.25. The molecule has 1 fully saturated rings. The van der Waals surface area contributed by atoms with Gasteiger partial charge in [-0.1, -0.05) is 19.8 Å². The number of terminal acetylenes is 1. The predicted molar refractivity (Wildman–Crippen MR) is 59.8 cm³/mol. The minimum absolute atomic E-state index is 0.0973. The molecule has 0 aromatic rings. The molecule has 1 nitrogen and oxygen atoms in total. The zero-order chi connectivity index (χ0) is 10.4. The van der Waals surface area contributed by atoms with Gasteiger partial charge in [-0.3, -0.25) is 0 Å². The van der Waals surface area contributed by atoms with Crippen LogP contribution < -0.4 is 0 Å². The lowest BCUT2D eigenvalue weighted by Gasteiger charge is -2.17. The fourth-order valence-electron chi connectivity index (χ4n) is 2.48. The minimum Gasteiger partial charge on any atom is -0.393 e. The largest absolute Gasteiger partial charge is 0.393 e. The highest BCUT2D eigenvalue weighted by molar-refractivity contribution is 4.85. The van der Waals surface area contributed by atoms with Gasteiger partial charge in [0.25, 0.3) is 0 Å². The van der Waals surface area contributed by atoms with Crippen LogP contribution in [0.15, 0.2) is 0 Å². The second-order valence-corrected chi connectivity index (χ2v) is 4.51. The first kappa shape index (κ1) is 11.6. The SMILES string of the molecule is C#CCCCC(O)C1CCC(CC)C1. The molecule has 1 aliphatic carbocycles. The zero-order valence-electron chi connectivity index (χ0n) is 9.21. The van der Waals surface area contributed by atoms with Crippen molar-refractivity contribution in [2.45, 2.75) is 58.0 Å². The van der Waals surface area contributed by atoms with Crippen LogP contribution in [0.2, 0.25) is 0 Å². The molecule has 0 heterocycles. The quantitative estimate of drug-likeness (QED) is 0.527. The van der Waals surface area contributed by atoms with Gasteiger partial charge in [-0.2, -0.15) is 0 Å². The van der Waals surface area contributed by atoms with Gasteiger partial charge in [0, 0.05) is 6.42 Å². The van der Waals surface area contributed by atoms with Gasteiger partial charge in [-0.05, 0) is 37.5 Å². The zero-order valence-corrected chi connectivity index (χ0v) is 9.21. The van der Waals surface area contributed by atoms with Gasteiger partial charge < -0.3 is 5.11 Å². The third kappa shape index (κ3) is 3.35. The summed E-state index contributed by atoms with van der Waals surface area (Å²) in [7, 11) is 0. The molecule has 3 atom stereocenters. The van der Waals surface area contributed by atoms with E-state index in [2.05, 4.69) is 12.8 Å². The molecule has 1 N–H and O–H groups in total. The molecule has 14 heavy (non-hydrogen) atoms. The lowest BCUT2D eigenvalue weighted by atomic mass is 9.94. The number of rotatable bonds is 5. The lowest BCUT2D eigenvalue weighted by Crippen LogP contribution is -2.17. The molecule has 80 valence electrons. The van der Waals surface area contributed by atoms with E-state index in [0.717, 1.165) is 25.2 Å². The maximum absolute atomic E-state index is 9.92. The average Bonchev–Trinajstić information content (AvgIpc) is 2.66. The first-order chi connectivity index (χ1) is 6.77. The maximum atomic E-state index is 9.92. The Morgan fingerprint density at radius 3 is 2.86 bits per heavy atom. The van der Waals surface area contributed by atoms with Crippen LogP contribution in [0.4, 0.5) is 0 Å². The standard InChI is InChI=1S/C13H22O/c1-3-5-6-7-13(14)12-9-8-11(4-2)10-12/h1,11-14H,4-10H2,2H3. The second kappa shape index (κ2) is 6.09. The van der Waals surface area contributed by atoms with E-state index in [1.807, 2.05) is 0 Å². The molecule has 0 aromatic carbocycles. The van der Waals surface area contributed by atoms with Gasteiger partial charge in [0.05, 0.1) is 6.10 Å². The molecule has 0 aliphatic heterocycles. The van der Waals surface area contributed by atoms with Crippen LogP contribution in [0.3, 0.4) is 0 Å². The fourth-order valence-corrected chi connectivity index (χ4v) is 2.48. The van der Waals surface area contributed by atoms with Crippen molar-refractivity contribution in [3.8, 4) is 12.3 Å². The summed E-state index contributed by atoms with van der Waals surface area (Å²) in [5.74, 6) is 4.04. The van der Waals surface area contributed by atoms with E-state index in [1.54, 1.807) is 0 Å². The van der Waals surface area contributed by atoms with E-state index in [9.17, 15) is 5.11 Å². The van der Waals surface area contributed by atoms with E-state index >= 15 is 0 Å². The Balaban J connectivity index is 2.18. The number of hydrogen-bond donors (Lipinski definition) is 1. The first-order valence-electron chi connectivity index (χ1n) is 5.89. The average molecular weight is 194 g/mol. The Kier molecular flexibility index (Phi) is 5.04. The number of hydrogen-bond acceptors (Lipinski definition) is 1. The normalized spacial score (nSPS) is 28.6. The molecular formula is C13H22O. The molecule has 0 saturated heterocycles. The van der Waals surface area contributed by atoms with E-state index in [-0.39, 0.29) is 6.10 Å². The third-order valence-corrected chi connectivity index (χ3v) is 3.52. The fraction of sp³-hybridized carbons (Fsp3) is 0.846. The van der Waals surface area contributed by atoms with E-state index in [1.165, 1.54) is 25.7 Å². The van der Waals surface area contributed by atoms with Crippen molar-refractivity contribution < 1.29 is 5.11 Å². The van der Waals surface area contributed by atoms with Crippen LogP contribution in [0.5, 0.6) is 0 Å². The van der Waals surface area contributed by atoms with Crippen molar-refractivity contribution in [3.05, 3.63) is 0 Å². The first-order valence-corrected chi connectivity index (χ1v) is 5.89. The van der Waals surface area contributed by atoms with Gasteiger partial charge in [-0.25, -0.2) is 0 Å². The van der Waals surface area contributed by atoms with Crippen LogP contribution in [-0.4, -0.2) is 11.2 Å². The molecule has 1 saturated carbocycles. The summed E-state index contributed by atoms with van der Waals surface area (Å²) in [5.41, 5.74) is 0. The van der Waals surface area contributed by atoms with Crippen molar-refractivity contribution >= 4 is 0 Å². The van der Waals surface area contributed by atoms with E-state index < -0.39 is 0 Å². The minimum atomic E-state index is -0.0973. The summed E-state index contributed by atoms with van der Waals surface area (Å²) in [6, 6.07) is 0. The predicted octanol–water partition coefficient (Wildman–Crippen LogP) is 2.98.